The summed E-state index contributed by atoms with van der Waals surface area (Å²) in [6.07, 6.45) is 0.631. The highest BCUT2D eigenvalue weighted by Crippen LogP contribution is 2.31. The van der Waals surface area contributed by atoms with Gasteiger partial charge in [0.1, 0.15) is 0 Å². The van der Waals surface area contributed by atoms with Crippen LogP contribution in [-0.2, 0) is 0 Å². The highest BCUT2D eigenvalue weighted by Gasteiger charge is 2.07. The summed E-state index contributed by atoms with van der Waals surface area (Å²) in [7, 11) is 0. The van der Waals surface area contributed by atoms with Crippen LogP contribution >= 0.6 is 27.7 Å². The number of benzene rings is 1. The first-order chi connectivity index (χ1) is 6.59. The van der Waals surface area contributed by atoms with E-state index in [1.165, 1.54) is 4.90 Å². The lowest BCUT2D eigenvalue weighted by molar-refractivity contribution is 0.995. The molecule has 3 N–H and O–H groups in total. The van der Waals surface area contributed by atoms with E-state index in [2.05, 4.69) is 28.9 Å². The van der Waals surface area contributed by atoms with E-state index in [1.54, 1.807) is 11.8 Å². The SMILES string of the molecule is CC(CC(=N)N)Sc1ccccc1Br. The van der Waals surface area contributed by atoms with Gasteiger partial charge in [0.25, 0.3) is 0 Å². The molecule has 0 fully saturated rings. The largest absolute Gasteiger partial charge is 0.388 e. The summed E-state index contributed by atoms with van der Waals surface area (Å²) in [5.74, 6) is 0.247. The Labute approximate surface area is 96.9 Å². The van der Waals surface area contributed by atoms with E-state index in [9.17, 15) is 0 Å². The number of halogens is 1. The summed E-state index contributed by atoms with van der Waals surface area (Å²) in [6, 6.07) is 8.07. The molecule has 0 aliphatic carbocycles. The fourth-order valence-corrected chi connectivity index (χ4v) is 2.71. The van der Waals surface area contributed by atoms with Crippen molar-refractivity contribution in [3.63, 3.8) is 0 Å². The molecule has 0 bridgehead atoms. The molecule has 14 heavy (non-hydrogen) atoms. The van der Waals surface area contributed by atoms with Crippen LogP contribution in [0.25, 0.3) is 0 Å². The van der Waals surface area contributed by atoms with Gasteiger partial charge in [0.2, 0.25) is 0 Å². The molecule has 1 unspecified atom stereocenters. The quantitative estimate of drug-likeness (QED) is 0.502. The third-order valence-electron chi connectivity index (χ3n) is 1.67. The van der Waals surface area contributed by atoms with Crippen LogP contribution in [0.15, 0.2) is 33.6 Å². The van der Waals surface area contributed by atoms with Gasteiger partial charge in [-0.15, -0.1) is 11.8 Å². The Morgan fingerprint density at radius 2 is 2.21 bits per heavy atom. The first kappa shape index (κ1) is 11.6. The van der Waals surface area contributed by atoms with E-state index in [0.717, 1.165) is 4.47 Å². The van der Waals surface area contributed by atoms with Crippen LogP contribution in [0.4, 0.5) is 0 Å². The first-order valence-electron chi connectivity index (χ1n) is 4.33. The van der Waals surface area contributed by atoms with Gasteiger partial charge in [-0.05, 0) is 28.1 Å². The molecule has 0 aliphatic rings. The summed E-state index contributed by atoms with van der Waals surface area (Å²) in [5, 5.41) is 7.54. The monoisotopic (exact) mass is 272 g/mol. The maximum absolute atomic E-state index is 7.20. The van der Waals surface area contributed by atoms with Crippen molar-refractivity contribution >= 4 is 33.5 Å². The van der Waals surface area contributed by atoms with Crippen molar-refractivity contribution in [2.45, 2.75) is 23.5 Å². The third kappa shape index (κ3) is 3.72. The molecular formula is C10H13BrN2S. The Kier molecular flexibility index (Phi) is 4.48. The molecule has 1 aromatic rings. The van der Waals surface area contributed by atoms with Gasteiger partial charge in [-0.1, -0.05) is 19.1 Å². The lowest BCUT2D eigenvalue weighted by Crippen LogP contribution is -2.14. The van der Waals surface area contributed by atoms with Gasteiger partial charge in [-0.2, -0.15) is 0 Å². The number of thioether (sulfide) groups is 1. The van der Waals surface area contributed by atoms with Crippen molar-refractivity contribution in [2.75, 3.05) is 0 Å². The molecule has 0 radical (unpaired) electrons. The number of hydrogen-bond donors (Lipinski definition) is 2. The molecule has 1 aromatic carbocycles. The number of hydrogen-bond acceptors (Lipinski definition) is 2. The number of rotatable bonds is 4. The van der Waals surface area contributed by atoms with Gasteiger partial charge in [0, 0.05) is 21.0 Å². The van der Waals surface area contributed by atoms with Crippen LogP contribution in [0.1, 0.15) is 13.3 Å². The van der Waals surface area contributed by atoms with Crippen molar-refractivity contribution in [1.82, 2.24) is 0 Å². The molecule has 76 valence electrons. The fraction of sp³-hybridized carbons (Fsp3) is 0.300. The van der Waals surface area contributed by atoms with Crippen molar-refractivity contribution in [3.05, 3.63) is 28.7 Å². The van der Waals surface area contributed by atoms with Gasteiger partial charge < -0.3 is 5.73 Å². The molecule has 0 saturated carbocycles. The second-order valence-corrected chi connectivity index (χ2v) is 5.42. The molecule has 0 aliphatic heterocycles. The van der Waals surface area contributed by atoms with Crippen LogP contribution in [0.3, 0.4) is 0 Å². The van der Waals surface area contributed by atoms with Crippen molar-refractivity contribution < 1.29 is 0 Å². The Bertz CT molecular complexity index is 328. The molecule has 2 nitrogen and oxygen atoms in total. The minimum Gasteiger partial charge on any atom is -0.388 e. The predicted molar refractivity (Wildman–Crippen MR) is 66.0 cm³/mol. The molecule has 0 heterocycles. The highest BCUT2D eigenvalue weighted by atomic mass is 79.9. The molecule has 1 rings (SSSR count). The lowest BCUT2D eigenvalue weighted by atomic mass is 10.3. The predicted octanol–water partition coefficient (Wildman–Crippen LogP) is 3.26. The van der Waals surface area contributed by atoms with Crippen LogP contribution in [0.2, 0.25) is 0 Å². The van der Waals surface area contributed by atoms with Crippen LogP contribution in [0.5, 0.6) is 0 Å². The molecule has 0 amide bonds. The Hall–Kier alpha value is -0.480. The van der Waals surface area contributed by atoms with E-state index < -0.39 is 0 Å². The standard InChI is InChI=1S/C10H13BrN2S/c1-7(6-10(12)13)14-9-5-3-2-4-8(9)11/h2-5,7H,6H2,1H3,(H3,12,13). The summed E-state index contributed by atoms with van der Waals surface area (Å²) < 4.78 is 1.10. The minimum atomic E-state index is 0.247. The zero-order chi connectivity index (χ0) is 10.6. The summed E-state index contributed by atoms with van der Waals surface area (Å²) >= 11 is 5.22. The Morgan fingerprint density at radius 1 is 1.57 bits per heavy atom. The zero-order valence-electron chi connectivity index (χ0n) is 7.96. The topological polar surface area (TPSA) is 49.9 Å². The van der Waals surface area contributed by atoms with E-state index >= 15 is 0 Å². The molecule has 0 spiro atoms. The average Bonchev–Trinajstić information content (AvgIpc) is 2.07. The summed E-state index contributed by atoms with van der Waals surface area (Å²) in [5.41, 5.74) is 5.34. The molecule has 4 heteroatoms. The van der Waals surface area contributed by atoms with Crippen molar-refractivity contribution in [2.24, 2.45) is 5.73 Å². The smallest absolute Gasteiger partial charge is 0.0916 e. The van der Waals surface area contributed by atoms with Gasteiger partial charge in [0.05, 0.1) is 5.84 Å². The van der Waals surface area contributed by atoms with Gasteiger partial charge in [-0.3, -0.25) is 5.41 Å². The second kappa shape index (κ2) is 5.41. The van der Waals surface area contributed by atoms with E-state index in [-0.39, 0.29) is 5.84 Å². The Morgan fingerprint density at radius 3 is 2.79 bits per heavy atom. The second-order valence-electron chi connectivity index (χ2n) is 3.09. The maximum Gasteiger partial charge on any atom is 0.0916 e. The summed E-state index contributed by atoms with van der Waals surface area (Å²) in [4.78, 5) is 1.20. The van der Waals surface area contributed by atoms with Gasteiger partial charge in [-0.25, -0.2) is 0 Å². The number of nitrogens with two attached hydrogens (primary N) is 1. The van der Waals surface area contributed by atoms with Crippen LogP contribution in [0, 0.1) is 5.41 Å². The van der Waals surface area contributed by atoms with Crippen molar-refractivity contribution in [1.29, 1.82) is 5.41 Å². The molecular weight excluding hydrogens is 260 g/mol. The van der Waals surface area contributed by atoms with E-state index in [1.807, 2.05) is 18.2 Å². The van der Waals surface area contributed by atoms with Gasteiger partial charge in [0.15, 0.2) is 0 Å². The number of amidine groups is 1. The van der Waals surface area contributed by atoms with Crippen LogP contribution in [-0.4, -0.2) is 11.1 Å². The molecule has 1 atom stereocenters. The summed E-state index contributed by atoms with van der Waals surface area (Å²) in [6.45, 7) is 2.07. The molecule has 0 saturated heterocycles. The average molecular weight is 273 g/mol. The third-order valence-corrected chi connectivity index (χ3v) is 3.81. The maximum atomic E-state index is 7.20. The lowest BCUT2D eigenvalue weighted by Gasteiger charge is -2.10. The molecule has 0 aromatic heterocycles. The highest BCUT2D eigenvalue weighted by molar-refractivity contribution is 9.10. The zero-order valence-corrected chi connectivity index (χ0v) is 10.4. The normalized spacial score (nSPS) is 12.4. The van der Waals surface area contributed by atoms with Gasteiger partial charge >= 0.3 is 0 Å². The number of nitrogens with one attached hydrogen (secondary N) is 1. The van der Waals surface area contributed by atoms with E-state index in [4.69, 9.17) is 11.1 Å². The van der Waals surface area contributed by atoms with Crippen molar-refractivity contribution in [3.8, 4) is 0 Å². The minimum absolute atomic E-state index is 0.247. The van der Waals surface area contributed by atoms with Crippen LogP contribution < -0.4 is 5.73 Å². The fourth-order valence-electron chi connectivity index (χ4n) is 1.11. The Balaban J connectivity index is 2.60. The van der Waals surface area contributed by atoms with E-state index in [0.29, 0.717) is 11.7 Å². The first-order valence-corrected chi connectivity index (χ1v) is 6.01.